The van der Waals surface area contributed by atoms with Gasteiger partial charge in [0.1, 0.15) is 10.8 Å². The fourth-order valence-electron chi connectivity index (χ4n) is 5.16. The van der Waals surface area contributed by atoms with Gasteiger partial charge in [-0.2, -0.15) is 0 Å². The molecule has 2 aliphatic heterocycles. The van der Waals surface area contributed by atoms with Crippen molar-refractivity contribution in [1.29, 1.82) is 0 Å². The highest BCUT2D eigenvalue weighted by Crippen LogP contribution is 2.47. The summed E-state index contributed by atoms with van der Waals surface area (Å²) < 4.78 is 5.13. The first-order chi connectivity index (χ1) is 13.9. The molecule has 0 unspecified atom stereocenters. The van der Waals surface area contributed by atoms with E-state index < -0.39 is 0 Å². The largest absolute Gasteiger partial charge is 0.450 e. The highest BCUT2D eigenvalue weighted by molar-refractivity contribution is 7.80. The number of ether oxygens (including phenoxy) is 1. The fourth-order valence-corrected chi connectivity index (χ4v) is 5.32. The summed E-state index contributed by atoms with van der Waals surface area (Å²) in [6, 6.07) is 4.56. The second-order valence-electron chi connectivity index (χ2n) is 8.66. The van der Waals surface area contributed by atoms with Crippen molar-refractivity contribution in [3.05, 3.63) is 23.4 Å². The maximum atomic E-state index is 11.9. The number of aromatic nitrogens is 1. The quantitative estimate of drug-likeness (QED) is 0.753. The first kappa shape index (κ1) is 20.3. The summed E-state index contributed by atoms with van der Waals surface area (Å²) in [5.74, 6) is 0.920. The summed E-state index contributed by atoms with van der Waals surface area (Å²) in [5.41, 5.74) is 8.08. The van der Waals surface area contributed by atoms with Gasteiger partial charge in [0.2, 0.25) is 0 Å². The number of rotatable bonds is 4. The molecule has 1 saturated carbocycles. The number of thiocarbonyl (C=S) groups is 1. The summed E-state index contributed by atoms with van der Waals surface area (Å²) >= 11 is 5.23. The number of pyridine rings is 1. The first-order valence-corrected chi connectivity index (χ1v) is 11.0. The zero-order chi connectivity index (χ0) is 20.6. The van der Waals surface area contributed by atoms with Crippen LogP contribution in [0.2, 0.25) is 0 Å². The summed E-state index contributed by atoms with van der Waals surface area (Å²) in [4.78, 5) is 23.8. The Hall–Kier alpha value is -1.93. The Balaban J connectivity index is 1.32. The molecule has 0 bridgehead atoms. The monoisotopic (exact) mass is 417 g/mol. The number of likely N-dealkylation sites (tertiary alicyclic amines) is 1. The number of hydrogen-bond acceptors (Lipinski definition) is 6. The third-order valence-electron chi connectivity index (χ3n) is 6.67. The average molecular weight is 418 g/mol. The molecule has 1 spiro atoms. The van der Waals surface area contributed by atoms with Crippen LogP contribution in [0, 0.1) is 12.3 Å². The van der Waals surface area contributed by atoms with Crippen LogP contribution in [-0.2, 0) is 4.74 Å². The van der Waals surface area contributed by atoms with E-state index in [2.05, 4.69) is 9.80 Å². The number of carbonyl (C=O) groups is 1. The minimum atomic E-state index is -0.158. The minimum absolute atomic E-state index is 0.158. The van der Waals surface area contributed by atoms with Gasteiger partial charge in [0.25, 0.3) is 0 Å². The lowest BCUT2D eigenvalue weighted by atomic mass is 9.78. The average Bonchev–Trinajstić information content (AvgIpc) is 3.13. The van der Waals surface area contributed by atoms with Crippen molar-refractivity contribution < 1.29 is 9.53 Å². The van der Waals surface area contributed by atoms with Gasteiger partial charge < -0.3 is 20.3 Å². The standard InChI is InChI=1S/C21H31N5O2S/c1-3-28-20(27)26-13-21(14-26)7-6-16(12-21)24-8-10-25(11-9-24)19-17(18(22)29)5-4-15(2)23-19/h4-5,16H,3,6-14H2,1-2H3,(H2,22,29)/t16-/m1/s1. The molecule has 3 heterocycles. The Labute approximate surface area is 178 Å². The van der Waals surface area contributed by atoms with Crippen molar-refractivity contribution >= 4 is 29.1 Å². The fraction of sp³-hybridized carbons (Fsp3) is 0.667. The van der Waals surface area contributed by atoms with Gasteiger partial charge in [0.15, 0.2) is 0 Å². The molecule has 1 amide bonds. The number of nitrogens with two attached hydrogens (primary N) is 1. The maximum Gasteiger partial charge on any atom is 0.409 e. The summed E-state index contributed by atoms with van der Waals surface area (Å²) in [6.07, 6.45) is 3.45. The zero-order valence-corrected chi connectivity index (χ0v) is 18.2. The Kier molecular flexibility index (Phi) is 5.66. The second kappa shape index (κ2) is 8.07. The highest BCUT2D eigenvalue weighted by atomic mass is 32.1. The number of nitrogens with zero attached hydrogens (tertiary/aromatic N) is 4. The molecule has 3 fully saturated rings. The van der Waals surface area contributed by atoms with Crippen LogP contribution in [0.3, 0.4) is 0 Å². The summed E-state index contributed by atoms with van der Waals surface area (Å²) in [7, 11) is 0. The Bertz CT molecular complexity index is 787. The third-order valence-corrected chi connectivity index (χ3v) is 6.89. The van der Waals surface area contributed by atoms with E-state index in [1.807, 2.05) is 30.9 Å². The lowest BCUT2D eigenvalue weighted by Gasteiger charge is -2.48. The minimum Gasteiger partial charge on any atom is -0.450 e. The molecule has 1 atom stereocenters. The zero-order valence-electron chi connectivity index (χ0n) is 17.4. The number of piperazine rings is 1. The summed E-state index contributed by atoms with van der Waals surface area (Å²) in [6.45, 7) is 9.92. The van der Waals surface area contributed by atoms with Crippen molar-refractivity contribution in [1.82, 2.24) is 14.8 Å². The molecular weight excluding hydrogens is 386 g/mol. The topological polar surface area (TPSA) is 74.9 Å². The van der Waals surface area contributed by atoms with E-state index in [1.54, 1.807) is 0 Å². The van der Waals surface area contributed by atoms with Gasteiger partial charge in [0.05, 0.1) is 12.2 Å². The van der Waals surface area contributed by atoms with Crippen molar-refractivity contribution in [3.8, 4) is 0 Å². The molecule has 29 heavy (non-hydrogen) atoms. The van der Waals surface area contributed by atoms with Crippen molar-refractivity contribution in [2.75, 3.05) is 50.8 Å². The molecule has 1 aliphatic carbocycles. The van der Waals surface area contributed by atoms with Gasteiger partial charge in [-0.1, -0.05) is 12.2 Å². The van der Waals surface area contributed by atoms with Gasteiger partial charge >= 0.3 is 6.09 Å². The van der Waals surface area contributed by atoms with E-state index in [0.717, 1.165) is 56.3 Å². The normalized spacial score (nSPS) is 23.9. The molecular formula is C21H31N5O2S. The van der Waals surface area contributed by atoms with Gasteiger partial charge in [-0.25, -0.2) is 9.78 Å². The Morgan fingerprint density at radius 3 is 2.69 bits per heavy atom. The number of hydrogen-bond donors (Lipinski definition) is 1. The van der Waals surface area contributed by atoms with Gasteiger partial charge in [-0.3, -0.25) is 4.90 Å². The number of anilines is 1. The van der Waals surface area contributed by atoms with E-state index in [1.165, 1.54) is 19.3 Å². The van der Waals surface area contributed by atoms with E-state index >= 15 is 0 Å². The number of aryl methyl sites for hydroxylation is 1. The molecule has 2 N–H and O–H groups in total. The molecule has 158 valence electrons. The van der Waals surface area contributed by atoms with Crippen LogP contribution in [0.15, 0.2) is 12.1 Å². The van der Waals surface area contributed by atoms with Crippen LogP contribution in [0.5, 0.6) is 0 Å². The van der Waals surface area contributed by atoms with Gasteiger partial charge in [0, 0.05) is 56.4 Å². The SMILES string of the molecule is CCOC(=O)N1CC2(CC[C@@H](N3CCN(c4nc(C)ccc4C(N)=S)CC3)C2)C1. The van der Waals surface area contributed by atoms with Crippen LogP contribution in [0.1, 0.15) is 37.4 Å². The smallest absolute Gasteiger partial charge is 0.409 e. The predicted molar refractivity (Wildman–Crippen MR) is 117 cm³/mol. The Morgan fingerprint density at radius 2 is 2.03 bits per heavy atom. The first-order valence-electron chi connectivity index (χ1n) is 10.6. The molecule has 8 heteroatoms. The maximum absolute atomic E-state index is 11.9. The molecule has 4 rings (SSSR count). The van der Waals surface area contributed by atoms with E-state index in [-0.39, 0.29) is 6.09 Å². The third kappa shape index (κ3) is 4.05. The predicted octanol–water partition coefficient (Wildman–Crippen LogP) is 2.16. The molecule has 2 saturated heterocycles. The van der Waals surface area contributed by atoms with Gasteiger partial charge in [-0.05, 0) is 45.2 Å². The van der Waals surface area contributed by atoms with Crippen molar-refractivity contribution in [2.45, 2.75) is 39.2 Å². The second-order valence-corrected chi connectivity index (χ2v) is 9.10. The number of carbonyl (C=O) groups excluding carboxylic acids is 1. The molecule has 0 aromatic carbocycles. The van der Waals surface area contributed by atoms with E-state index in [9.17, 15) is 4.79 Å². The Morgan fingerprint density at radius 1 is 1.31 bits per heavy atom. The van der Waals surface area contributed by atoms with Crippen LogP contribution in [-0.4, -0.2) is 77.8 Å². The number of amides is 1. The van der Waals surface area contributed by atoms with Crippen LogP contribution in [0.4, 0.5) is 10.6 Å². The van der Waals surface area contributed by atoms with Crippen molar-refractivity contribution in [2.24, 2.45) is 11.1 Å². The lowest BCUT2D eigenvalue weighted by Crippen LogP contribution is -2.58. The highest BCUT2D eigenvalue weighted by Gasteiger charge is 2.51. The molecule has 3 aliphatic rings. The van der Waals surface area contributed by atoms with E-state index in [0.29, 0.717) is 23.1 Å². The molecule has 0 radical (unpaired) electrons. The summed E-state index contributed by atoms with van der Waals surface area (Å²) in [5, 5.41) is 0. The van der Waals surface area contributed by atoms with Crippen LogP contribution in [0.25, 0.3) is 0 Å². The van der Waals surface area contributed by atoms with Gasteiger partial charge in [-0.15, -0.1) is 0 Å². The van der Waals surface area contributed by atoms with Crippen molar-refractivity contribution in [3.63, 3.8) is 0 Å². The van der Waals surface area contributed by atoms with Crippen LogP contribution < -0.4 is 10.6 Å². The lowest BCUT2D eigenvalue weighted by molar-refractivity contribution is -0.00294. The molecule has 7 nitrogen and oxygen atoms in total. The molecule has 1 aromatic rings. The molecule has 1 aromatic heterocycles. The van der Waals surface area contributed by atoms with E-state index in [4.69, 9.17) is 27.7 Å². The van der Waals surface area contributed by atoms with Crippen LogP contribution >= 0.6 is 12.2 Å².